The summed E-state index contributed by atoms with van der Waals surface area (Å²) in [6.45, 7) is 7.62. The molecule has 0 radical (unpaired) electrons. The second-order valence-corrected chi connectivity index (χ2v) is 4.89. The Kier molecular flexibility index (Phi) is 3.87. The van der Waals surface area contributed by atoms with E-state index in [9.17, 15) is 0 Å². The first kappa shape index (κ1) is 12.9. The molecule has 0 saturated heterocycles. The van der Waals surface area contributed by atoms with Crippen LogP contribution in [0.25, 0.3) is 0 Å². The highest BCUT2D eigenvalue weighted by atomic mass is 35.5. The number of anilines is 1. The zero-order valence-corrected chi connectivity index (χ0v) is 10.9. The molecule has 0 amide bonds. The van der Waals surface area contributed by atoms with Crippen molar-refractivity contribution in [1.82, 2.24) is 4.90 Å². The molecule has 1 aromatic carbocycles. The van der Waals surface area contributed by atoms with E-state index in [2.05, 4.69) is 67.2 Å². The molecule has 2 nitrogen and oxygen atoms in total. The maximum Gasteiger partial charge on any atom is 0.0946 e. The standard InChI is InChI=1S/C13H18N2.ClH/c1-13(2,3)15-10-9-14(11-15)12-7-5-4-6-8-12;/h4-10H,11H2,1-3H3;1H. The van der Waals surface area contributed by atoms with Crippen molar-refractivity contribution in [3.63, 3.8) is 0 Å². The molecule has 0 unspecified atom stereocenters. The zero-order chi connectivity index (χ0) is 10.9. The van der Waals surface area contributed by atoms with Crippen LogP contribution in [-0.2, 0) is 0 Å². The number of benzene rings is 1. The smallest absolute Gasteiger partial charge is 0.0946 e. The van der Waals surface area contributed by atoms with Gasteiger partial charge in [-0.1, -0.05) is 18.2 Å². The topological polar surface area (TPSA) is 6.48 Å². The number of para-hydroxylation sites is 1. The van der Waals surface area contributed by atoms with Crippen LogP contribution in [0.1, 0.15) is 20.8 Å². The van der Waals surface area contributed by atoms with E-state index in [1.165, 1.54) is 5.69 Å². The first-order valence-corrected chi connectivity index (χ1v) is 5.34. The molecular formula is C13H19ClN2. The molecule has 3 heteroatoms. The van der Waals surface area contributed by atoms with Gasteiger partial charge in [-0.15, -0.1) is 12.4 Å². The molecule has 0 spiro atoms. The Balaban J connectivity index is 0.00000128. The third kappa shape index (κ3) is 2.70. The maximum absolute atomic E-state index is 2.33. The van der Waals surface area contributed by atoms with Gasteiger partial charge < -0.3 is 9.80 Å². The Labute approximate surface area is 104 Å². The molecule has 0 atom stereocenters. The lowest BCUT2D eigenvalue weighted by molar-refractivity contribution is 0.223. The first-order valence-electron chi connectivity index (χ1n) is 5.34. The van der Waals surface area contributed by atoms with Gasteiger partial charge in [-0.2, -0.15) is 0 Å². The van der Waals surface area contributed by atoms with Gasteiger partial charge in [-0.3, -0.25) is 0 Å². The Morgan fingerprint density at radius 3 is 2.12 bits per heavy atom. The average molecular weight is 239 g/mol. The molecule has 0 aromatic heterocycles. The van der Waals surface area contributed by atoms with E-state index in [1.807, 2.05) is 6.07 Å². The number of hydrogen-bond acceptors (Lipinski definition) is 2. The minimum atomic E-state index is 0. The highest BCUT2D eigenvalue weighted by molar-refractivity contribution is 5.85. The summed E-state index contributed by atoms with van der Waals surface area (Å²) in [6.07, 6.45) is 4.30. The van der Waals surface area contributed by atoms with Crippen molar-refractivity contribution in [2.45, 2.75) is 26.3 Å². The molecule has 0 fully saturated rings. The summed E-state index contributed by atoms with van der Waals surface area (Å²) >= 11 is 0. The van der Waals surface area contributed by atoms with Crippen LogP contribution in [0, 0.1) is 0 Å². The quantitative estimate of drug-likeness (QED) is 0.740. The third-order valence-electron chi connectivity index (χ3n) is 2.68. The Morgan fingerprint density at radius 1 is 1.00 bits per heavy atom. The lowest BCUT2D eigenvalue weighted by Crippen LogP contribution is -2.39. The summed E-state index contributed by atoms with van der Waals surface area (Å²) < 4.78 is 0. The lowest BCUT2D eigenvalue weighted by Gasteiger charge is -2.33. The highest BCUT2D eigenvalue weighted by Gasteiger charge is 2.23. The summed E-state index contributed by atoms with van der Waals surface area (Å²) in [5.74, 6) is 0. The van der Waals surface area contributed by atoms with Crippen molar-refractivity contribution >= 4 is 18.1 Å². The van der Waals surface area contributed by atoms with Gasteiger partial charge in [0.1, 0.15) is 0 Å². The Hall–Kier alpha value is -1.15. The van der Waals surface area contributed by atoms with Crippen molar-refractivity contribution < 1.29 is 0 Å². The zero-order valence-electron chi connectivity index (χ0n) is 10.1. The lowest BCUT2D eigenvalue weighted by atomic mass is 10.1. The van der Waals surface area contributed by atoms with Crippen LogP contribution in [0.5, 0.6) is 0 Å². The SMILES string of the molecule is CC(C)(C)N1C=CN(c2ccccc2)C1.Cl. The normalized spacial score (nSPS) is 15.2. The largest absolute Gasteiger partial charge is 0.353 e. The fraction of sp³-hybridized carbons (Fsp3) is 0.385. The number of hydrogen-bond donors (Lipinski definition) is 0. The predicted molar refractivity (Wildman–Crippen MR) is 71.8 cm³/mol. The molecule has 2 rings (SSSR count). The summed E-state index contributed by atoms with van der Waals surface area (Å²) in [4.78, 5) is 4.59. The van der Waals surface area contributed by atoms with Crippen molar-refractivity contribution in [2.24, 2.45) is 0 Å². The Morgan fingerprint density at radius 2 is 1.62 bits per heavy atom. The van der Waals surface area contributed by atoms with Crippen molar-refractivity contribution in [3.8, 4) is 0 Å². The van der Waals surface area contributed by atoms with Gasteiger partial charge in [0.2, 0.25) is 0 Å². The van der Waals surface area contributed by atoms with Crippen LogP contribution in [0.15, 0.2) is 42.7 Å². The average Bonchev–Trinajstić information content (AvgIpc) is 2.67. The van der Waals surface area contributed by atoms with E-state index in [0.717, 1.165) is 6.67 Å². The molecule has 1 heterocycles. The van der Waals surface area contributed by atoms with Crippen molar-refractivity contribution in [3.05, 3.63) is 42.7 Å². The molecule has 1 aliphatic rings. The van der Waals surface area contributed by atoms with Crippen LogP contribution < -0.4 is 4.90 Å². The van der Waals surface area contributed by atoms with Crippen LogP contribution in [-0.4, -0.2) is 17.1 Å². The van der Waals surface area contributed by atoms with Gasteiger partial charge in [0.15, 0.2) is 0 Å². The Bertz CT molecular complexity index is 354. The van der Waals surface area contributed by atoms with E-state index in [4.69, 9.17) is 0 Å². The van der Waals surface area contributed by atoms with Crippen molar-refractivity contribution in [1.29, 1.82) is 0 Å². The molecule has 0 bridgehead atoms. The van der Waals surface area contributed by atoms with Crippen molar-refractivity contribution in [2.75, 3.05) is 11.6 Å². The van der Waals surface area contributed by atoms with E-state index >= 15 is 0 Å². The number of nitrogens with zero attached hydrogens (tertiary/aromatic N) is 2. The fourth-order valence-corrected chi connectivity index (χ4v) is 1.64. The second-order valence-electron chi connectivity index (χ2n) is 4.89. The molecule has 16 heavy (non-hydrogen) atoms. The van der Waals surface area contributed by atoms with Gasteiger partial charge in [0.05, 0.1) is 6.67 Å². The molecule has 0 aliphatic carbocycles. The summed E-state index contributed by atoms with van der Waals surface area (Å²) in [6, 6.07) is 10.5. The fourth-order valence-electron chi connectivity index (χ4n) is 1.64. The van der Waals surface area contributed by atoms with Gasteiger partial charge >= 0.3 is 0 Å². The minimum Gasteiger partial charge on any atom is -0.353 e. The summed E-state index contributed by atoms with van der Waals surface area (Å²) in [7, 11) is 0. The summed E-state index contributed by atoms with van der Waals surface area (Å²) in [5.41, 5.74) is 1.44. The molecular weight excluding hydrogens is 220 g/mol. The van der Waals surface area contributed by atoms with Gasteiger partial charge in [-0.25, -0.2) is 0 Å². The molecule has 1 aromatic rings. The number of rotatable bonds is 1. The first-order chi connectivity index (χ1) is 7.07. The predicted octanol–water partition coefficient (Wildman–Crippen LogP) is 3.46. The van der Waals surface area contributed by atoms with Crippen LogP contribution in [0.3, 0.4) is 0 Å². The van der Waals surface area contributed by atoms with Crippen LogP contribution in [0.4, 0.5) is 5.69 Å². The van der Waals surface area contributed by atoms with E-state index in [0.29, 0.717) is 0 Å². The second kappa shape index (κ2) is 4.79. The van der Waals surface area contributed by atoms with Crippen LogP contribution in [0.2, 0.25) is 0 Å². The van der Waals surface area contributed by atoms with E-state index in [1.54, 1.807) is 0 Å². The molecule has 88 valence electrons. The third-order valence-corrected chi connectivity index (χ3v) is 2.68. The summed E-state index contributed by atoms with van der Waals surface area (Å²) in [5, 5.41) is 0. The van der Waals surface area contributed by atoms with E-state index < -0.39 is 0 Å². The molecule has 0 N–H and O–H groups in total. The highest BCUT2D eigenvalue weighted by Crippen LogP contribution is 2.23. The monoisotopic (exact) mass is 238 g/mol. The van der Waals surface area contributed by atoms with E-state index in [-0.39, 0.29) is 17.9 Å². The minimum absolute atomic E-state index is 0. The molecule has 0 saturated carbocycles. The molecule has 1 aliphatic heterocycles. The van der Waals surface area contributed by atoms with Gasteiger partial charge in [-0.05, 0) is 32.9 Å². The number of halogens is 1. The maximum atomic E-state index is 2.33. The van der Waals surface area contributed by atoms with Gasteiger partial charge in [0.25, 0.3) is 0 Å². The van der Waals surface area contributed by atoms with Crippen LogP contribution >= 0.6 is 12.4 Å². The van der Waals surface area contributed by atoms with Gasteiger partial charge in [0, 0.05) is 23.6 Å².